The van der Waals surface area contributed by atoms with Crippen LogP contribution in [0.15, 0.2) is 42.5 Å². The summed E-state index contributed by atoms with van der Waals surface area (Å²) >= 11 is 0. The maximum Gasteiger partial charge on any atom is 0.142 e. The third kappa shape index (κ3) is 2.17. The molecule has 3 nitrogen and oxygen atoms in total. The monoisotopic (exact) mass is 249 g/mol. The summed E-state index contributed by atoms with van der Waals surface area (Å²) in [5.41, 5.74) is 3.20. The third-order valence-corrected chi connectivity index (χ3v) is 3.67. The van der Waals surface area contributed by atoms with Crippen LogP contribution in [0.4, 0.5) is 5.82 Å². The zero-order valence-corrected chi connectivity index (χ0v) is 10.8. The predicted molar refractivity (Wildman–Crippen MR) is 74.6 cm³/mol. The summed E-state index contributed by atoms with van der Waals surface area (Å²) in [5.74, 6) is 1.30. The number of nitriles is 1. The topological polar surface area (TPSA) is 48.7 Å². The second-order valence-electron chi connectivity index (χ2n) is 5.02. The lowest BCUT2D eigenvalue weighted by Gasteiger charge is -2.19. The third-order valence-electron chi connectivity index (χ3n) is 3.67. The van der Waals surface area contributed by atoms with E-state index in [-0.39, 0.29) is 6.04 Å². The molecule has 2 unspecified atom stereocenters. The van der Waals surface area contributed by atoms with Crippen LogP contribution in [0, 0.1) is 17.2 Å². The molecule has 1 aromatic carbocycles. The van der Waals surface area contributed by atoms with Crippen molar-refractivity contribution in [2.24, 2.45) is 5.92 Å². The molecule has 1 aliphatic rings. The highest BCUT2D eigenvalue weighted by atomic mass is 15.0. The molecule has 0 radical (unpaired) electrons. The van der Waals surface area contributed by atoms with Gasteiger partial charge in [0.05, 0.1) is 6.04 Å². The molecule has 2 aromatic rings. The maximum absolute atomic E-state index is 8.89. The molecule has 94 valence electrons. The summed E-state index contributed by atoms with van der Waals surface area (Å²) < 4.78 is 0. The van der Waals surface area contributed by atoms with E-state index in [1.54, 1.807) is 6.07 Å². The van der Waals surface area contributed by atoms with E-state index in [4.69, 9.17) is 5.26 Å². The molecule has 1 aliphatic carbocycles. The van der Waals surface area contributed by atoms with Crippen molar-refractivity contribution in [3.05, 3.63) is 59.3 Å². The first-order chi connectivity index (χ1) is 9.28. The van der Waals surface area contributed by atoms with Crippen LogP contribution in [0.3, 0.4) is 0 Å². The summed E-state index contributed by atoms with van der Waals surface area (Å²) in [6.45, 7) is 2.24. The molecule has 3 rings (SSSR count). The Labute approximate surface area is 112 Å². The lowest BCUT2D eigenvalue weighted by atomic mass is 10.0. The SMILES string of the molecule is CC1Cc2ccccc2C1Nc1cccc(C#N)n1. The molecular formula is C16H15N3. The molecule has 0 saturated carbocycles. The second-order valence-corrected chi connectivity index (χ2v) is 5.02. The van der Waals surface area contributed by atoms with Crippen molar-refractivity contribution in [1.29, 1.82) is 5.26 Å². The molecule has 0 spiro atoms. The number of rotatable bonds is 2. The fourth-order valence-electron chi connectivity index (χ4n) is 2.75. The first-order valence-corrected chi connectivity index (χ1v) is 6.49. The molecule has 2 atom stereocenters. The predicted octanol–water partition coefficient (Wildman–Crippen LogP) is 3.30. The summed E-state index contributed by atoms with van der Waals surface area (Å²) in [6.07, 6.45) is 1.09. The van der Waals surface area contributed by atoms with E-state index >= 15 is 0 Å². The number of aromatic nitrogens is 1. The van der Waals surface area contributed by atoms with Gasteiger partial charge in [-0.2, -0.15) is 5.26 Å². The van der Waals surface area contributed by atoms with E-state index in [2.05, 4.69) is 47.6 Å². The number of anilines is 1. The van der Waals surface area contributed by atoms with E-state index in [1.807, 2.05) is 12.1 Å². The molecule has 0 saturated heterocycles. The Morgan fingerprint density at radius 3 is 2.89 bits per heavy atom. The van der Waals surface area contributed by atoms with Gasteiger partial charge in [0.25, 0.3) is 0 Å². The Morgan fingerprint density at radius 1 is 1.21 bits per heavy atom. The van der Waals surface area contributed by atoms with Gasteiger partial charge in [-0.25, -0.2) is 4.98 Å². The zero-order valence-electron chi connectivity index (χ0n) is 10.8. The van der Waals surface area contributed by atoms with Crippen molar-refractivity contribution in [2.75, 3.05) is 5.32 Å². The highest BCUT2D eigenvalue weighted by molar-refractivity contribution is 5.45. The van der Waals surface area contributed by atoms with Crippen LogP contribution in [-0.4, -0.2) is 4.98 Å². The van der Waals surface area contributed by atoms with Crippen molar-refractivity contribution in [3.8, 4) is 6.07 Å². The Bertz CT molecular complexity index is 642. The van der Waals surface area contributed by atoms with Gasteiger partial charge in [-0.05, 0) is 35.6 Å². The normalized spacial score (nSPS) is 20.6. The second kappa shape index (κ2) is 4.74. The standard InChI is InChI=1S/C16H15N3/c1-11-9-12-5-2-3-7-14(12)16(11)19-15-8-4-6-13(10-17)18-15/h2-8,11,16H,9H2,1H3,(H,18,19). The van der Waals surface area contributed by atoms with Crippen LogP contribution in [0.1, 0.15) is 29.8 Å². The molecule has 1 heterocycles. The average molecular weight is 249 g/mol. The first-order valence-electron chi connectivity index (χ1n) is 6.49. The summed E-state index contributed by atoms with van der Waals surface area (Å²) in [7, 11) is 0. The van der Waals surface area contributed by atoms with Crippen molar-refractivity contribution in [3.63, 3.8) is 0 Å². The number of hydrogen-bond donors (Lipinski definition) is 1. The van der Waals surface area contributed by atoms with E-state index in [0.717, 1.165) is 12.2 Å². The van der Waals surface area contributed by atoms with Gasteiger partial charge in [0.2, 0.25) is 0 Å². The smallest absolute Gasteiger partial charge is 0.142 e. The molecule has 0 bridgehead atoms. The number of benzene rings is 1. The Kier molecular flexibility index (Phi) is 2.92. The highest BCUT2D eigenvalue weighted by Gasteiger charge is 2.28. The van der Waals surface area contributed by atoms with Gasteiger partial charge in [0, 0.05) is 0 Å². The number of hydrogen-bond acceptors (Lipinski definition) is 3. The van der Waals surface area contributed by atoms with Crippen LogP contribution in [0.5, 0.6) is 0 Å². The number of nitrogens with one attached hydrogen (secondary N) is 1. The highest BCUT2D eigenvalue weighted by Crippen LogP contribution is 2.37. The average Bonchev–Trinajstić information content (AvgIpc) is 2.76. The van der Waals surface area contributed by atoms with Crippen molar-refractivity contribution in [1.82, 2.24) is 4.98 Å². The Hall–Kier alpha value is -2.34. The molecular weight excluding hydrogens is 234 g/mol. The minimum Gasteiger partial charge on any atom is -0.363 e. The fourth-order valence-corrected chi connectivity index (χ4v) is 2.75. The summed E-state index contributed by atoms with van der Waals surface area (Å²) in [5, 5.41) is 12.4. The lowest BCUT2D eigenvalue weighted by Crippen LogP contribution is -2.15. The minimum atomic E-state index is 0.276. The first kappa shape index (κ1) is 11.7. The summed E-state index contributed by atoms with van der Waals surface area (Å²) in [6, 6.07) is 16.4. The molecule has 1 aromatic heterocycles. The van der Waals surface area contributed by atoms with Crippen LogP contribution in [0.2, 0.25) is 0 Å². The van der Waals surface area contributed by atoms with Crippen LogP contribution in [-0.2, 0) is 6.42 Å². The van der Waals surface area contributed by atoms with Gasteiger partial charge in [-0.1, -0.05) is 37.3 Å². The largest absolute Gasteiger partial charge is 0.363 e. The Morgan fingerprint density at radius 2 is 2.05 bits per heavy atom. The maximum atomic E-state index is 8.89. The number of nitrogens with zero attached hydrogens (tertiary/aromatic N) is 2. The van der Waals surface area contributed by atoms with Crippen LogP contribution in [0.25, 0.3) is 0 Å². The van der Waals surface area contributed by atoms with Gasteiger partial charge in [0.1, 0.15) is 17.6 Å². The van der Waals surface area contributed by atoms with Crippen molar-refractivity contribution >= 4 is 5.82 Å². The van der Waals surface area contributed by atoms with Crippen LogP contribution < -0.4 is 5.32 Å². The number of fused-ring (bicyclic) bond motifs is 1. The van der Waals surface area contributed by atoms with Gasteiger partial charge in [0.15, 0.2) is 0 Å². The lowest BCUT2D eigenvalue weighted by molar-refractivity contribution is 0.540. The van der Waals surface area contributed by atoms with Gasteiger partial charge >= 0.3 is 0 Å². The van der Waals surface area contributed by atoms with Crippen molar-refractivity contribution in [2.45, 2.75) is 19.4 Å². The van der Waals surface area contributed by atoms with E-state index in [1.165, 1.54) is 11.1 Å². The van der Waals surface area contributed by atoms with Crippen molar-refractivity contribution < 1.29 is 0 Å². The van der Waals surface area contributed by atoms with Gasteiger partial charge in [-0.15, -0.1) is 0 Å². The molecule has 0 amide bonds. The van der Waals surface area contributed by atoms with Gasteiger partial charge in [-0.3, -0.25) is 0 Å². The molecule has 1 N–H and O–H groups in total. The Balaban J connectivity index is 1.89. The minimum absolute atomic E-state index is 0.276. The zero-order chi connectivity index (χ0) is 13.2. The van der Waals surface area contributed by atoms with E-state index in [0.29, 0.717) is 11.6 Å². The van der Waals surface area contributed by atoms with Gasteiger partial charge < -0.3 is 5.32 Å². The molecule has 0 fully saturated rings. The van der Waals surface area contributed by atoms with Crippen LogP contribution >= 0.6 is 0 Å². The molecule has 19 heavy (non-hydrogen) atoms. The molecule has 3 heteroatoms. The van der Waals surface area contributed by atoms with E-state index < -0.39 is 0 Å². The fraction of sp³-hybridized carbons (Fsp3) is 0.250. The van der Waals surface area contributed by atoms with E-state index in [9.17, 15) is 0 Å². The number of pyridine rings is 1. The summed E-state index contributed by atoms with van der Waals surface area (Å²) in [4.78, 5) is 4.29. The molecule has 0 aliphatic heterocycles. The quantitative estimate of drug-likeness (QED) is 0.888.